The summed E-state index contributed by atoms with van der Waals surface area (Å²) in [6, 6.07) is 9.14. The average molecular weight is 257 g/mol. The van der Waals surface area contributed by atoms with E-state index in [1.54, 1.807) is 0 Å². The van der Waals surface area contributed by atoms with Crippen molar-refractivity contribution in [2.75, 3.05) is 0 Å². The van der Waals surface area contributed by atoms with Crippen molar-refractivity contribution in [2.24, 2.45) is 0 Å². The highest BCUT2D eigenvalue weighted by Crippen LogP contribution is 2.12. The largest absolute Gasteiger partial charge is 0.306 e. The lowest BCUT2D eigenvalue weighted by Crippen LogP contribution is -2.17. The molecule has 0 aliphatic carbocycles. The highest BCUT2D eigenvalue weighted by atomic mass is 15.3. The van der Waals surface area contributed by atoms with Gasteiger partial charge in [0.25, 0.3) is 0 Å². The fraction of sp³-hybridized carbons (Fsp3) is 0.438. The fourth-order valence-corrected chi connectivity index (χ4v) is 2.06. The molecule has 2 rings (SSSR count). The zero-order chi connectivity index (χ0) is 13.7. The summed E-state index contributed by atoms with van der Waals surface area (Å²) in [5, 5.41) is 7.85. The lowest BCUT2D eigenvalue weighted by atomic mass is 10.1. The van der Waals surface area contributed by atoms with Gasteiger partial charge in [0.2, 0.25) is 0 Å². The monoisotopic (exact) mass is 257 g/mol. The Morgan fingerprint density at radius 3 is 2.42 bits per heavy atom. The first-order valence-corrected chi connectivity index (χ1v) is 7.06. The third-order valence-corrected chi connectivity index (χ3v) is 3.52. The molecule has 0 fully saturated rings. The Labute approximate surface area is 115 Å². The fourth-order valence-electron chi connectivity index (χ4n) is 2.06. The minimum atomic E-state index is 0.325. The molecular formula is C16H23N3. The van der Waals surface area contributed by atoms with Gasteiger partial charge in [-0.3, -0.25) is 4.68 Å². The van der Waals surface area contributed by atoms with Gasteiger partial charge in [0.05, 0.1) is 6.20 Å². The van der Waals surface area contributed by atoms with Gasteiger partial charge >= 0.3 is 0 Å². The van der Waals surface area contributed by atoms with Gasteiger partial charge in [-0.25, -0.2) is 0 Å². The van der Waals surface area contributed by atoms with Crippen LogP contribution >= 0.6 is 0 Å². The van der Waals surface area contributed by atoms with Gasteiger partial charge in [-0.05, 0) is 31.4 Å². The van der Waals surface area contributed by atoms with Crippen molar-refractivity contribution in [3.63, 3.8) is 0 Å². The second-order valence-corrected chi connectivity index (χ2v) is 4.90. The van der Waals surface area contributed by atoms with Gasteiger partial charge in [-0.2, -0.15) is 5.10 Å². The first-order valence-electron chi connectivity index (χ1n) is 7.06. The van der Waals surface area contributed by atoms with E-state index in [0.29, 0.717) is 6.04 Å². The molecule has 19 heavy (non-hydrogen) atoms. The molecule has 0 bridgehead atoms. The third-order valence-electron chi connectivity index (χ3n) is 3.52. The summed E-state index contributed by atoms with van der Waals surface area (Å²) in [4.78, 5) is 0. The van der Waals surface area contributed by atoms with Gasteiger partial charge in [0.15, 0.2) is 0 Å². The molecule has 0 aliphatic heterocycles. The summed E-state index contributed by atoms with van der Waals surface area (Å²) in [6.07, 6.45) is 5.15. The zero-order valence-electron chi connectivity index (χ0n) is 12.1. The summed E-state index contributed by atoms with van der Waals surface area (Å²) in [5.41, 5.74) is 3.96. The zero-order valence-corrected chi connectivity index (χ0v) is 12.1. The van der Waals surface area contributed by atoms with E-state index in [0.717, 1.165) is 19.5 Å². The number of rotatable bonds is 6. The molecule has 0 saturated heterocycles. The van der Waals surface area contributed by atoms with Gasteiger partial charge in [0, 0.05) is 30.9 Å². The van der Waals surface area contributed by atoms with Crippen molar-refractivity contribution in [1.29, 1.82) is 0 Å². The van der Waals surface area contributed by atoms with E-state index in [1.807, 2.05) is 10.9 Å². The highest BCUT2D eigenvalue weighted by Gasteiger charge is 2.07. The molecule has 1 N–H and O–H groups in total. The van der Waals surface area contributed by atoms with Crippen LogP contribution < -0.4 is 5.32 Å². The molecule has 0 spiro atoms. The van der Waals surface area contributed by atoms with Crippen LogP contribution in [0.15, 0.2) is 36.7 Å². The predicted octanol–water partition coefficient (Wildman–Crippen LogP) is 3.32. The Morgan fingerprint density at radius 1 is 1.16 bits per heavy atom. The Kier molecular flexibility index (Phi) is 4.74. The van der Waals surface area contributed by atoms with Crippen molar-refractivity contribution in [1.82, 2.24) is 15.1 Å². The van der Waals surface area contributed by atoms with E-state index in [-0.39, 0.29) is 0 Å². The molecule has 1 atom stereocenters. The lowest BCUT2D eigenvalue weighted by molar-refractivity contribution is 0.573. The maximum absolute atomic E-state index is 4.31. The Hall–Kier alpha value is -1.61. The van der Waals surface area contributed by atoms with Crippen molar-refractivity contribution in [3.8, 4) is 0 Å². The summed E-state index contributed by atoms with van der Waals surface area (Å²) in [6.45, 7) is 8.27. The van der Waals surface area contributed by atoms with Crippen LogP contribution in [-0.4, -0.2) is 9.78 Å². The first-order chi connectivity index (χ1) is 9.22. The number of hydrogen-bond acceptors (Lipinski definition) is 2. The molecule has 3 heteroatoms. The molecule has 1 aromatic heterocycles. The van der Waals surface area contributed by atoms with E-state index in [4.69, 9.17) is 0 Å². The standard InChI is InChI=1S/C16H23N3/c1-4-14-6-8-15(9-7-14)10-17-13(3)16-11-18-19(5-2)12-16/h6-9,11-13,17H,4-5,10H2,1-3H3. The van der Waals surface area contributed by atoms with Crippen LogP contribution in [0.25, 0.3) is 0 Å². The molecule has 0 saturated carbocycles. The van der Waals surface area contributed by atoms with Gasteiger partial charge < -0.3 is 5.32 Å². The molecule has 102 valence electrons. The second-order valence-electron chi connectivity index (χ2n) is 4.90. The van der Waals surface area contributed by atoms with Gasteiger partial charge in [-0.1, -0.05) is 31.2 Å². The van der Waals surface area contributed by atoms with Crippen LogP contribution in [0.1, 0.15) is 43.5 Å². The molecule has 1 heterocycles. The predicted molar refractivity (Wildman–Crippen MR) is 79.0 cm³/mol. The SMILES string of the molecule is CCc1ccc(CNC(C)c2cnn(CC)c2)cc1. The Balaban J connectivity index is 1.90. The van der Waals surface area contributed by atoms with Crippen molar-refractivity contribution >= 4 is 0 Å². The molecule has 3 nitrogen and oxygen atoms in total. The number of aryl methyl sites for hydroxylation is 2. The summed E-state index contributed by atoms with van der Waals surface area (Å²) in [7, 11) is 0. The number of aromatic nitrogens is 2. The van der Waals surface area contributed by atoms with E-state index < -0.39 is 0 Å². The lowest BCUT2D eigenvalue weighted by Gasteiger charge is -2.12. The van der Waals surface area contributed by atoms with Crippen LogP contribution in [0.2, 0.25) is 0 Å². The van der Waals surface area contributed by atoms with Crippen LogP contribution in [-0.2, 0) is 19.5 Å². The molecule has 1 aromatic carbocycles. The summed E-state index contributed by atoms with van der Waals surface area (Å²) < 4.78 is 1.96. The molecule has 0 amide bonds. The average Bonchev–Trinajstić information content (AvgIpc) is 2.94. The molecule has 0 aliphatic rings. The minimum absolute atomic E-state index is 0.325. The van der Waals surface area contributed by atoms with Gasteiger partial charge in [0.1, 0.15) is 0 Å². The third kappa shape index (κ3) is 3.67. The van der Waals surface area contributed by atoms with E-state index >= 15 is 0 Å². The highest BCUT2D eigenvalue weighted by molar-refractivity contribution is 5.22. The van der Waals surface area contributed by atoms with Crippen molar-refractivity contribution in [2.45, 2.75) is 46.3 Å². The smallest absolute Gasteiger partial charge is 0.0537 e. The number of benzene rings is 1. The van der Waals surface area contributed by atoms with Crippen molar-refractivity contribution in [3.05, 3.63) is 53.3 Å². The van der Waals surface area contributed by atoms with Crippen LogP contribution in [0.3, 0.4) is 0 Å². The number of hydrogen-bond donors (Lipinski definition) is 1. The Bertz CT molecular complexity index is 499. The first kappa shape index (κ1) is 13.8. The topological polar surface area (TPSA) is 29.9 Å². The maximum Gasteiger partial charge on any atom is 0.0537 e. The number of nitrogens with zero attached hydrogens (tertiary/aromatic N) is 2. The quantitative estimate of drug-likeness (QED) is 0.860. The van der Waals surface area contributed by atoms with Crippen molar-refractivity contribution < 1.29 is 0 Å². The number of nitrogens with one attached hydrogen (secondary N) is 1. The summed E-state index contributed by atoms with van der Waals surface area (Å²) in [5.74, 6) is 0. The van der Waals surface area contributed by atoms with Crippen LogP contribution in [0.5, 0.6) is 0 Å². The van der Waals surface area contributed by atoms with Gasteiger partial charge in [-0.15, -0.1) is 0 Å². The minimum Gasteiger partial charge on any atom is -0.306 e. The van der Waals surface area contributed by atoms with Crippen LogP contribution in [0, 0.1) is 0 Å². The molecule has 1 unspecified atom stereocenters. The van der Waals surface area contributed by atoms with E-state index in [2.05, 4.69) is 61.6 Å². The molecule has 2 aromatic rings. The summed E-state index contributed by atoms with van der Waals surface area (Å²) >= 11 is 0. The maximum atomic E-state index is 4.31. The van der Waals surface area contributed by atoms with Crippen LogP contribution in [0.4, 0.5) is 0 Å². The normalized spacial score (nSPS) is 12.6. The second kappa shape index (κ2) is 6.53. The Morgan fingerprint density at radius 2 is 1.84 bits per heavy atom. The molecule has 0 radical (unpaired) electrons. The van der Waals surface area contributed by atoms with E-state index in [9.17, 15) is 0 Å². The van der Waals surface area contributed by atoms with E-state index in [1.165, 1.54) is 16.7 Å². The molecular weight excluding hydrogens is 234 g/mol.